The van der Waals surface area contributed by atoms with Gasteiger partial charge in [-0.15, -0.1) is 0 Å². The van der Waals surface area contributed by atoms with Crippen molar-refractivity contribution in [3.05, 3.63) is 0 Å². The predicted octanol–water partition coefficient (Wildman–Crippen LogP) is 7.23. The Balaban J connectivity index is 1.34. The van der Waals surface area contributed by atoms with Crippen molar-refractivity contribution in [1.29, 1.82) is 0 Å². The number of aliphatic hydroxyl groups is 2. The quantitative estimate of drug-likeness (QED) is 0.177. The van der Waals surface area contributed by atoms with Gasteiger partial charge in [0.15, 0.2) is 0 Å². The van der Waals surface area contributed by atoms with Crippen molar-refractivity contribution in [2.45, 2.75) is 155 Å². The van der Waals surface area contributed by atoms with Gasteiger partial charge < -0.3 is 19.7 Å². The number of carbonyl (C=O) groups excluding carboxylic acids is 2. The first-order chi connectivity index (χ1) is 19.6. The molecule has 2 N–H and O–H groups in total. The van der Waals surface area contributed by atoms with Crippen molar-refractivity contribution in [3.63, 3.8) is 0 Å². The Labute approximate surface area is 249 Å². The summed E-state index contributed by atoms with van der Waals surface area (Å²) in [6.07, 6.45) is 15.6. The molecule has 6 heteroatoms. The van der Waals surface area contributed by atoms with Crippen molar-refractivity contribution in [2.24, 2.45) is 46.3 Å². The van der Waals surface area contributed by atoms with Crippen LogP contribution in [0.4, 0.5) is 0 Å². The van der Waals surface area contributed by atoms with Crippen molar-refractivity contribution in [3.8, 4) is 0 Å². The lowest BCUT2D eigenvalue weighted by atomic mass is 9.43. The molecule has 4 aliphatic rings. The van der Waals surface area contributed by atoms with E-state index in [1.165, 1.54) is 39.2 Å². The van der Waals surface area contributed by atoms with Gasteiger partial charge in [0.05, 0.1) is 19.3 Å². The minimum Gasteiger partial charge on any atom is -0.469 e. The molecule has 4 fully saturated rings. The lowest BCUT2D eigenvalue weighted by molar-refractivity contribution is -0.209. The van der Waals surface area contributed by atoms with E-state index in [2.05, 4.69) is 27.7 Å². The largest absolute Gasteiger partial charge is 0.469 e. The van der Waals surface area contributed by atoms with Crippen molar-refractivity contribution in [2.75, 3.05) is 7.11 Å². The zero-order valence-corrected chi connectivity index (χ0v) is 26.7. The fourth-order valence-electron chi connectivity index (χ4n) is 10.3. The van der Waals surface area contributed by atoms with Gasteiger partial charge in [-0.3, -0.25) is 9.59 Å². The second-order valence-corrected chi connectivity index (χ2v) is 14.9. The number of hydrogen-bond donors (Lipinski definition) is 2. The number of esters is 2. The average molecular weight is 577 g/mol. The topological polar surface area (TPSA) is 93.1 Å². The van der Waals surface area contributed by atoms with Crippen molar-refractivity contribution < 1.29 is 29.3 Å². The fraction of sp³-hybridized carbons (Fsp3) is 0.943. The minimum atomic E-state index is -0.401. The Morgan fingerprint density at radius 2 is 1.59 bits per heavy atom. The van der Waals surface area contributed by atoms with E-state index >= 15 is 0 Å². The Kier molecular flexibility index (Phi) is 11.3. The summed E-state index contributed by atoms with van der Waals surface area (Å²) in [7, 11) is 1.44. The zero-order valence-electron chi connectivity index (χ0n) is 26.7. The van der Waals surface area contributed by atoms with Gasteiger partial charge in [0.2, 0.25) is 0 Å². The van der Waals surface area contributed by atoms with Crippen LogP contribution in [-0.2, 0) is 19.1 Å². The summed E-state index contributed by atoms with van der Waals surface area (Å²) < 4.78 is 10.9. The Bertz CT molecular complexity index is 875. The van der Waals surface area contributed by atoms with Crippen LogP contribution >= 0.6 is 0 Å². The molecule has 6 nitrogen and oxygen atoms in total. The molecule has 236 valence electrons. The van der Waals surface area contributed by atoms with Gasteiger partial charge in [-0.2, -0.15) is 0 Å². The van der Waals surface area contributed by atoms with E-state index in [1.807, 2.05) is 0 Å². The van der Waals surface area contributed by atoms with Crippen LogP contribution in [0.25, 0.3) is 0 Å². The van der Waals surface area contributed by atoms with Crippen LogP contribution in [0.3, 0.4) is 0 Å². The number of ether oxygens (including phenoxy) is 2. The SMILES string of the molecule is CCCCCCCCCC(=O)O[C@@H]1CC[C@@]2(C)[C@@H](C1)C[C@@H](O)[C@@H]1[C@@H]2C[C@H](O)[C@]2(C)[C@@H]([C@H](C)CCC(=O)OC)CC[C@@H]12. The highest BCUT2D eigenvalue weighted by Gasteiger charge is 2.65. The maximum absolute atomic E-state index is 12.6. The normalized spacial score (nSPS) is 40.7. The molecule has 4 aliphatic carbocycles. The molecule has 0 heterocycles. The molecule has 0 saturated heterocycles. The molecular formula is C35H60O6. The number of hydrogen-bond acceptors (Lipinski definition) is 6. The van der Waals surface area contributed by atoms with Gasteiger partial charge in [-0.1, -0.05) is 66.2 Å². The summed E-state index contributed by atoms with van der Waals surface area (Å²) in [6.45, 7) is 9.13. The molecule has 0 aromatic rings. The van der Waals surface area contributed by atoms with Crippen LogP contribution in [0.5, 0.6) is 0 Å². The van der Waals surface area contributed by atoms with Crippen LogP contribution < -0.4 is 0 Å². The second-order valence-electron chi connectivity index (χ2n) is 14.9. The number of carbonyl (C=O) groups is 2. The van der Waals surface area contributed by atoms with E-state index in [0.717, 1.165) is 64.2 Å². The molecule has 0 bridgehead atoms. The monoisotopic (exact) mass is 576 g/mol. The first-order valence-corrected chi connectivity index (χ1v) is 17.2. The molecule has 11 atom stereocenters. The van der Waals surface area contributed by atoms with E-state index in [-0.39, 0.29) is 46.8 Å². The molecule has 0 radical (unpaired) electrons. The summed E-state index contributed by atoms with van der Waals surface area (Å²) in [4.78, 5) is 24.4. The summed E-state index contributed by atoms with van der Waals surface area (Å²) in [5, 5.41) is 23.5. The van der Waals surface area contributed by atoms with E-state index in [1.54, 1.807) is 0 Å². The van der Waals surface area contributed by atoms with E-state index in [9.17, 15) is 19.8 Å². The molecule has 4 saturated carbocycles. The summed E-state index contributed by atoms with van der Waals surface area (Å²) in [6, 6.07) is 0. The van der Waals surface area contributed by atoms with Crippen LogP contribution in [0.2, 0.25) is 0 Å². The third-order valence-electron chi connectivity index (χ3n) is 12.8. The third kappa shape index (κ3) is 6.84. The number of methoxy groups -OCH3 is 1. The van der Waals surface area contributed by atoms with Crippen molar-refractivity contribution >= 4 is 11.9 Å². The van der Waals surface area contributed by atoms with Gasteiger partial charge >= 0.3 is 11.9 Å². The molecular weight excluding hydrogens is 516 g/mol. The number of rotatable bonds is 13. The highest BCUT2D eigenvalue weighted by atomic mass is 16.5. The number of fused-ring (bicyclic) bond motifs is 5. The van der Waals surface area contributed by atoms with Crippen molar-refractivity contribution in [1.82, 2.24) is 0 Å². The molecule has 41 heavy (non-hydrogen) atoms. The summed E-state index contributed by atoms with van der Waals surface area (Å²) in [5.74, 6) is 1.56. The third-order valence-corrected chi connectivity index (χ3v) is 12.8. The standard InChI is InChI=1S/C35H60O6/c1-6-7-8-9-10-11-12-13-32(39)41-25-18-19-34(3)24(20-25)21-29(36)33-27-16-15-26(23(2)14-17-31(38)40-5)35(27,4)30(37)22-28(33)34/h23-30,33,36-37H,6-22H2,1-5H3/t23-,24+,25-,26-,27+,28+,29-,30+,33+,34+,35-/m1/s1. The summed E-state index contributed by atoms with van der Waals surface area (Å²) in [5.41, 5.74) is -0.175. The van der Waals surface area contributed by atoms with Crippen LogP contribution in [0.1, 0.15) is 137 Å². The van der Waals surface area contributed by atoms with Crippen LogP contribution in [0, 0.1) is 46.3 Å². The molecule has 0 aromatic heterocycles. The Morgan fingerprint density at radius 3 is 2.29 bits per heavy atom. The zero-order chi connectivity index (χ0) is 29.8. The maximum atomic E-state index is 12.6. The first kappa shape index (κ1) is 32.8. The van der Waals surface area contributed by atoms with Gasteiger partial charge in [0, 0.05) is 12.8 Å². The second kappa shape index (κ2) is 14.1. The smallest absolute Gasteiger partial charge is 0.306 e. The molecule has 0 amide bonds. The van der Waals surface area contributed by atoms with Crippen LogP contribution in [-0.4, -0.2) is 47.6 Å². The molecule has 0 aliphatic heterocycles. The van der Waals surface area contributed by atoms with E-state index in [0.29, 0.717) is 36.5 Å². The van der Waals surface area contributed by atoms with Gasteiger partial charge in [0.1, 0.15) is 6.10 Å². The van der Waals surface area contributed by atoms with Crippen LogP contribution in [0.15, 0.2) is 0 Å². The molecule has 0 spiro atoms. The predicted molar refractivity (Wildman–Crippen MR) is 161 cm³/mol. The average Bonchev–Trinajstić information content (AvgIpc) is 3.30. The highest BCUT2D eigenvalue weighted by Crippen LogP contribution is 2.68. The maximum Gasteiger partial charge on any atom is 0.306 e. The van der Waals surface area contributed by atoms with Gasteiger partial charge in [0.25, 0.3) is 0 Å². The summed E-state index contributed by atoms with van der Waals surface area (Å²) >= 11 is 0. The number of aliphatic hydroxyl groups excluding tert-OH is 2. The highest BCUT2D eigenvalue weighted by molar-refractivity contribution is 5.69. The van der Waals surface area contributed by atoms with E-state index < -0.39 is 6.10 Å². The number of unbranched alkanes of at least 4 members (excludes halogenated alkanes) is 6. The molecule has 0 unspecified atom stereocenters. The lowest BCUT2D eigenvalue weighted by Gasteiger charge is -2.63. The molecule has 4 rings (SSSR count). The van der Waals surface area contributed by atoms with E-state index in [4.69, 9.17) is 9.47 Å². The minimum absolute atomic E-state index is 0.0424. The lowest BCUT2D eigenvalue weighted by Crippen LogP contribution is -2.62. The van der Waals surface area contributed by atoms with Gasteiger partial charge in [-0.25, -0.2) is 0 Å². The Morgan fingerprint density at radius 1 is 0.878 bits per heavy atom. The fourth-order valence-corrected chi connectivity index (χ4v) is 10.3. The molecule has 0 aromatic carbocycles. The van der Waals surface area contributed by atoms with Gasteiger partial charge in [-0.05, 0) is 104 Å². The Hall–Kier alpha value is -1.14. The first-order valence-electron chi connectivity index (χ1n) is 17.2.